The molecule has 0 saturated heterocycles. The summed E-state index contributed by atoms with van der Waals surface area (Å²) < 4.78 is 14.2. The van der Waals surface area contributed by atoms with Gasteiger partial charge in [-0.25, -0.2) is 4.39 Å². The highest BCUT2D eigenvalue weighted by Crippen LogP contribution is 2.26. The van der Waals surface area contributed by atoms with Gasteiger partial charge in [0.15, 0.2) is 0 Å². The van der Waals surface area contributed by atoms with E-state index in [2.05, 4.69) is 20.9 Å². The van der Waals surface area contributed by atoms with Crippen LogP contribution in [0.3, 0.4) is 0 Å². The van der Waals surface area contributed by atoms with Gasteiger partial charge in [-0.15, -0.1) is 0 Å². The lowest BCUT2D eigenvalue weighted by Crippen LogP contribution is -2.15. The Balaban J connectivity index is 2.19. The number of nitrogens with two attached hydrogens (primary N) is 1. The molecule has 18 heavy (non-hydrogen) atoms. The van der Waals surface area contributed by atoms with Gasteiger partial charge in [0.25, 0.3) is 0 Å². The second kappa shape index (κ2) is 5.78. The molecule has 0 aliphatic rings. The fourth-order valence-electron chi connectivity index (χ4n) is 1.67. The Morgan fingerprint density at radius 3 is 2.78 bits per heavy atom. The second-order valence-corrected chi connectivity index (χ2v) is 5.22. The van der Waals surface area contributed by atoms with Crippen LogP contribution >= 0.6 is 27.5 Å². The van der Waals surface area contributed by atoms with Crippen molar-refractivity contribution in [2.45, 2.75) is 12.5 Å². The Labute approximate surface area is 118 Å². The standard InChI is InChI=1S/C13H11BrClFN2/c14-8-4-5-9(18-7-8)6-12(17)10-2-1-3-11(16)13(10)15/h1-5,7,12H,6,17H2. The van der Waals surface area contributed by atoms with Gasteiger partial charge in [-0.1, -0.05) is 23.7 Å². The molecule has 1 heterocycles. The molecule has 1 atom stereocenters. The predicted octanol–water partition coefficient (Wildman–Crippen LogP) is 3.88. The molecule has 0 aliphatic heterocycles. The number of hydrogen-bond acceptors (Lipinski definition) is 2. The lowest BCUT2D eigenvalue weighted by atomic mass is 10.0. The van der Waals surface area contributed by atoms with Gasteiger partial charge in [-0.2, -0.15) is 0 Å². The Kier molecular flexibility index (Phi) is 4.32. The highest BCUT2D eigenvalue weighted by Gasteiger charge is 2.14. The highest BCUT2D eigenvalue weighted by molar-refractivity contribution is 9.10. The van der Waals surface area contributed by atoms with Crippen LogP contribution in [0.4, 0.5) is 4.39 Å². The van der Waals surface area contributed by atoms with Gasteiger partial charge in [0.1, 0.15) is 5.82 Å². The van der Waals surface area contributed by atoms with Crippen molar-refractivity contribution in [2.75, 3.05) is 0 Å². The van der Waals surface area contributed by atoms with Gasteiger partial charge in [-0.05, 0) is 39.7 Å². The molecule has 2 N–H and O–H groups in total. The summed E-state index contributed by atoms with van der Waals surface area (Å²) in [7, 11) is 0. The summed E-state index contributed by atoms with van der Waals surface area (Å²) in [6, 6.07) is 8.04. The van der Waals surface area contributed by atoms with Crippen molar-refractivity contribution in [1.29, 1.82) is 0 Å². The molecular weight excluding hydrogens is 319 g/mol. The van der Waals surface area contributed by atoms with E-state index in [9.17, 15) is 4.39 Å². The second-order valence-electron chi connectivity index (χ2n) is 3.92. The molecule has 2 aromatic rings. The molecular formula is C13H11BrClFN2. The average molecular weight is 330 g/mol. The molecule has 1 unspecified atom stereocenters. The zero-order chi connectivity index (χ0) is 13.1. The monoisotopic (exact) mass is 328 g/mol. The molecule has 0 aliphatic carbocycles. The van der Waals surface area contributed by atoms with Crippen LogP contribution in [0.25, 0.3) is 0 Å². The Morgan fingerprint density at radius 1 is 1.33 bits per heavy atom. The largest absolute Gasteiger partial charge is 0.324 e. The normalized spacial score (nSPS) is 12.4. The maximum atomic E-state index is 13.3. The highest BCUT2D eigenvalue weighted by atomic mass is 79.9. The smallest absolute Gasteiger partial charge is 0.142 e. The third-order valence-electron chi connectivity index (χ3n) is 2.60. The van der Waals surface area contributed by atoms with Crippen LogP contribution in [-0.4, -0.2) is 4.98 Å². The molecule has 2 nitrogen and oxygen atoms in total. The quantitative estimate of drug-likeness (QED) is 0.928. The zero-order valence-corrected chi connectivity index (χ0v) is 11.7. The summed E-state index contributed by atoms with van der Waals surface area (Å²) in [5.74, 6) is -0.451. The molecule has 5 heteroatoms. The summed E-state index contributed by atoms with van der Waals surface area (Å²) in [5, 5.41) is 0.0853. The minimum atomic E-state index is -0.451. The summed E-state index contributed by atoms with van der Waals surface area (Å²) in [6.07, 6.45) is 2.21. The van der Waals surface area contributed by atoms with Gasteiger partial charge in [0, 0.05) is 28.8 Å². The fraction of sp³-hybridized carbons (Fsp3) is 0.154. The summed E-state index contributed by atoms with van der Waals surface area (Å²) in [5.41, 5.74) is 7.47. The third-order valence-corrected chi connectivity index (χ3v) is 3.47. The van der Waals surface area contributed by atoms with Gasteiger partial charge < -0.3 is 5.73 Å². The van der Waals surface area contributed by atoms with Crippen molar-refractivity contribution in [3.8, 4) is 0 Å². The summed E-state index contributed by atoms with van der Waals surface area (Å²) in [4.78, 5) is 4.23. The van der Waals surface area contributed by atoms with E-state index in [0.717, 1.165) is 10.2 Å². The molecule has 0 fully saturated rings. The summed E-state index contributed by atoms with van der Waals surface area (Å²) >= 11 is 9.21. The van der Waals surface area contributed by atoms with Crippen molar-refractivity contribution in [2.24, 2.45) is 5.73 Å². The Hall–Kier alpha value is -0.970. The van der Waals surface area contributed by atoms with E-state index < -0.39 is 5.82 Å². The first-order chi connectivity index (χ1) is 8.58. The van der Waals surface area contributed by atoms with Gasteiger partial charge in [0.2, 0.25) is 0 Å². The number of halogens is 3. The SMILES string of the molecule is NC(Cc1ccc(Br)cn1)c1cccc(F)c1Cl. The number of hydrogen-bond donors (Lipinski definition) is 1. The number of nitrogens with zero attached hydrogens (tertiary/aromatic N) is 1. The van der Waals surface area contributed by atoms with E-state index in [4.69, 9.17) is 17.3 Å². The molecule has 1 aromatic heterocycles. The van der Waals surface area contributed by atoms with Crippen LogP contribution in [0.5, 0.6) is 0 Å². The molecule has 2 rings (SSSR count). The van der Waals surface area contributed by atoms with E-state index in [1.54, 1.807) is 18.3 Å². The maximum Gasteiger partial charge on any atom is 0.142 e. The molecule has 94 valence electrons. The van der Waals surface area contributed by atoms with Gasteiger partial charge in [0.05, 0.1) is 5.02 Å². The Bertz CT molecular complexity index is 545. The van der Waals surface area contributed by atoms with Crippen LogP contribution < -0.4 is 5.73 Å². The molecule has 1 aromatic carbocycles. The first kappa shape index (κ1) is 13.5. The van der Waals surface area contributed by atoms with E-state index in [1.165, 1.54) is 6.07 Å². The first-order valence-corrected chi connectivity index (χ1v) is 6.55. The van der Waals surface area contributed by atoms with Gasteiger partial charge in [-0.3, -0.25) is 4.98 Å². The van der Waals surface area contributed by atoms with Crippen molar-refractivity contribution < 1.29 is 4.39 Å². The van der Waals surface area contributed by atoms with E-state index in [-0.39, 0.29) is 11.1 Å². The lowest BCUT2D eigenvalue weighted by Gasteiger charge is -2.13. The van der Waals surface area contributed by atoms with Crippen molar-refractivity contribution in [3.63, 3.8) is 0 Å². The van der Waals surface area contributed by atoms with E-state index in [1.807, 2.05) is 12.1 Å². The molecule has 0 amide bonds. The van der Waals surface area contributed by atoms with E-state index in [0.29, 0.717) is 12.0 Å². The van der Waals surface area contributed by atoms with Crippen LogP contribution in [-0.2, 0) is 6.42 Å². The number of rotatable bonds is 3. The zero-order valence-electron chi connectivity index (χ0n) is 9.41. The maximum absolute atomic E-state index is 13.3. The Morgan fingerprint density at radius 2 is 2.11 bits per heavy atom. The lowest BCUT2D eigenvalue weighted by molar-refractivity contribution is 0.618. The number of pyridine rings is 1. The molecule has 0 spiro atoms. The van der Waals surface area contributed by atoms with Crippen LogP contribution in [0.2, 0.25) is 5.02 Å². The van der Waals surface area contributed by atoms with Crippen molar-refractivity contribution in [3.05, 3.63) is 63.1 Å². The van der Waals surface area contributed by atoms with Gasteiger partial charge >= 0.3 is 0 Å². The van der Waals surface area contributed by atoms with Crippen molar-refractivity contribution in [1.82, 2.24) is 4.98 Å². The average Bonchev–Trinajstić information content (AvgIpc) is 2.35. The summed E-state index contributed by atoms with van der Waals surface area (Å²) in [6.45, 7) is 0. The molecule has 0 saturated carbocycles. The predicted molar refractivity (Wildman–Crippen MR) is 74.0 cm³/mol. The number of aromatic nitrogens is 1. The van der Waals surface area contributed by atoms with E-state index >= 15 is 0 Å². The topological polar surface area (TPSA) is 38.9 Å². The van der Waals surface area contributed by atoms with Crippen molar-refractivity contribution >= 4 is 27.5 Å². The molecule has 0 radical (unpaired) electrons. The van der Waals surface area contributed by atoms with Crippen LogP contribution in [0.15, 0.2) is 41.0 Å². The minimum Gasteiger partial charge on any atom is -0.324 e. The fourth-order valence-corrected chi connectivity index (χ4v) is 2.17. The molecule has 0 bridgehead atoms. The first-order valence-electron chi connectivity index (χ1n) is 5.38. The van der Waals surface area contributed by atoms with Crippen LogP contribution in [0.1, 0.15) is 17.3 Å². The third kappa shape index (κ3) is 3.07. The number of benzene rings is 1. The van der Waals surface area contributed by atoms with Crippen LogP contribution in [0, 0.1) is 5.82 Å². The minimum absolute atomic E-state index is 0.0853.